The van der Waals surface area contributed by atoms with Gasteiger partial charge in [-0.2, -0.15) is 0 Å². The number of hydrogen-bond acceptors (Lipinski definition) is 2. The maximum absolute atomic E-state index is 11.7. The minimum Gasteiger partial charge on any atom is -0.465 e. The molecule has 0 bridgehead atoms. The lowest BCUT2D eigenvalue weighted by Gasteiger charge is -2.22. The molecule has 0 spiro atoms. The Labute approximate surface area is 95.2 Å². The summed E-state index contributed by atoms with van der Waals surface area (Å²) in [6.45, 7) is 5.85. The van der Waals surface area contributed by atoms with Crippen LogP contribution >= 0.6 is 11.6 Å². The predicted molar refractivity (Wildman–Crippen MR) is 61.1 cm³/mol. The second-order valence-corrected chi connectivity index (χ2v) is 4.29. The summed E-state index contributed by atoms with van der Waals surface area (Å²) in [6, 6.07) is 7.28. The molecule has 0 N–H and O–H groups in total. The van der Waals surface area contributed by atoms with Crippen molar-refractivity contribution in [3.63, 3.8) is 0 Å². The highest BCUT2D eigenvalue weighted by Crippen LogP contribution is 2.26. The molecular formula is C12H15ClO2. The Morgan fingerprint density at radius 1 is 1.47 bits per heavy atom. The van der Waals surface area contributed by atoms with Gasteiger partial charge in [-0.05, 0) is 38.5 Å². The fourth-order valence-corrected chi connectivity index (χ4v) is 1.50. The van der Waals surface area contributed by atoms with Gasteiger partial charge in [-0.3, -0.25) is 4.79 Å². The van der Waals surface area contributed by atoms with Crippen LogP contribution in [0.1, 0.15) is 26.3 Å². The Morgan fingerprint density at radius 2 is 2.13 bits per heavy atom. The van der Waals surface area contributed by atoms with Gasteiger partial charge < -0.3 is 4.74 Å². The summed E-state index contributed by atoms with van der Waals surface area (Å²) in [4.78, 5) is 11.7. The van der Waals surface area contributed by atoms with Gasteiger partial charge in [-0.1, -0.05) is 23.7 Å². The van der Waals surface area contributed by atoms with Crippen LogP contribution in [0.15, 0.2) is 24.3 Å². The standard InChI is InChI=1S/C12H15ClO2/c1-4-15-11(14)12(2,3)9-6-5-7-10(13)8-9/h5-8H,4H2,1-3H3. The van der Waals surface area contributed by atoms with Crippen LogP contribution in [0.25, 0.3) is 0 Å². The zero-order valence-corrected chi connectivity index (χ0v) is 9.97. The molecular weight excluding hydrogens is 212 g/mol. The van der Waals surface area contributed by atoms with Crippen molar-refractivity contribution < 1.29 is 9.53 Å². The summed E-state index contributed by atoms with van der Waals surface area (Å²) < 4.78 is 5.02. The number of rotatable bonds is 3. The van der Waals surface area contributed by atoms with Gasteiger partial charge in [-0.15, -0.1) is 0 Å². The molecule has 0 aliphatic heterocycles. The van der Waals surface area contributed by atoms with Crippen molar-refractivity contribution in [3.05, 3.63) is 34.9 Å². The van der Waals surface area contributed by atoms with Crippen LogP contribution in [0.2, 0.25) is 5.02 Å². The summed E-state index contributed by atoms with van der Waals surface area (Å²) in [5.41, 5.74) is 0.217. The van der Waals surface area contributed by atoms with Crippen molar-refractivity contribution in [2.75, 3.05) is 6.61 Å². The van der Waals surface area contributed by atoms with E-state index in [1.54, 1.807) is 19.1 Å². The van der Waals surface area contributed by atoms with Crippen LogP contribution in [0, 0.1) is 0 Å². The van der Waals surface area contributed by atoms with E-state index in [-0.39, 0.29) is 5.97 Å². The van der Waals surface area contributed by atoms with Gasteiger partial charge in [-0.25, -0.2) is 0 Å². The number of carbonyl (C=O) groups excluding carboxylic acids is 1. The molecule has 0 radical (unpaired) electrons. The lowest BCUT2D eigenvalue weighted by atomic mass is 9.85. The van der Waals surface area contributed by atoms with Crippen molar-refractivity contribution >= 4 is 17.6 Å². The van der Waals surface area contributed by atoms with Crippen molar-refractivity contribution in [2.24, 2.45) is 0 Å². The lowest BCUT2D eigenvalue weighted by Crippen LogP contribution is -2.31. The first-order valence-corrected chi connectivity index (χ1v) is 5.29. The Kier molecular flexibility index (Phi) is 3.75. The molecule has 0 saturated carbocycles. The summed E-state index contributed by atoms with van der Waals surface area (Å²) in [6.07, 6.45) is 0. The van der Waals surface area contributed by atoms with Crippen LogP contribution in [-0.4, -0.2) is 12.6 Å². The van der Waals surface area contributed by atoms with Crippen molar-refractivity contribution in [1.29, 1.82) is 0 Å². The molecule has 15 heavy (non-hydrogen) atoms. The molecule has 0 atom stereocenters. The van der Waals surface area contributed by atoms with E-state index in [4.69, 9.17) is 16.3 Å². The largest absolute Gasteiger partial charge is 0.465 e. The molecule has 0 aromatic heterocycles. The monoisotopic (exact) mass is 226 g/mol. The predicted octanol–water partition coefficient (Wildman–Crippen LogP) is 3.18. The number of carbonyl (C=O) groups is 1. The fourth-order valence-electron chi connectivity index (χ4n) is 1.31. The van der Waals surface area contributed by atoms with Gasteiger partial charge in [0.25, 0.3) is 0 Å². The first-order chi connectivity index (χ1) is 6.98. The number of benzene rings is 1. The summed E-state index contributed by atoms with van der Waals surface area (Å²) in [5, 5.41) is 0.630. The second-order valence-electron chi connectivity index (χ2n) is 3.86. The van der Waals surface area contributed by atoms with Gasteiger partial charge >= 0.3 is 5.97 Å². The average Bonchev–Trinajstić information content (AvgIpc) is 2.18. The van der Waals surface area contributed by atoms with Gasteiger partial charge in [0.2, 0.25) is 0 Å². The first kappa shape index (κ1) is 12.1. The van der Waals surface area contributed by atoms with Gasteiger partial charge in [0.05, 0.1) is 12.0 Å². The third-order valence-corrected chi connectivity index (χ3v) is 2.57. The topological polar surface area (TPSA) is 26.3 Å². The highest BCUT2D eigenvalue weighted by Gasteiger charge is 2.31. The molecule has 1 aromatic rings. The highest BCUT2D eigenvalue weighted by molar-refractivity contribution is 6.30. The molecule has 0 aliphatic rings. The highest BCUT2D eigenvalue weighted by atomic mass is 35.5. The van der Waals surface area contributed by atoms with E-state index in [0.717, 1.165) is 5.56 Å². The van der Waals surface area contributed by atoms with E-state index in [9.17, 15) is 4.79 Å². The molecule has 3 heteroatoms. The van der Waals surface area contributed by atoms with Gasteiger partial charge in [0, 0.05) is 5.02 Å². The summed E-state index contributed by atoms with van der Waals surface area (Å²) >= 11 is 5.88. The maximum atomic E-state index is 11.7. The number of hydrogen-bond donors (Lipinski definition) is 0. The first-order valence-electron chi connectivity index (χ1n) is 4.91. The van der Waals surface area contributed by atoms with E-state index in [0.29, 0.717) is 11.6 Å². The van der Waals surface area contributed by atoms with Crippen molar-refractivity contribution in [3.8, 4) is 0 Å². The third-order valence-electron chi connectivity index (χ3n) is 2.33. The minimum atomic E-state index is -0.652. The lowest BCUT2D eigenvalue weighted by molar-refractivity contribution is -0.148. The summed E-state index contributed by atoms with van der Waals surface area (Å²) in [7, 11) is 0. The Morgan fingerprint density at radius 3 is 2.67 bits per heavy atom. The summed E-state index contributed by atoms with van der Waals surface area (Å²) in [5.74, 6) is -0.229. The quantitative estimate of drug-likeness (QED) is 0.740. The number of ether oxygens (including phenoxy) is 1. The average molecular weight is 227 g/mol. The zero-order chi connectivity index (χ0) is 11.5. The van der Waals surface area contributed by atoms with Crippen LogP contribution in [0.4, 0.5) is 0 Å². The molecule has 0 heterocycles. The fraction of sp³-hybridized carbons (Fsp3) is 0.417. The Hall–Kier alpha value is -1.02. The molecule has 1 aromatic carbocycles. The van der Waals surface area contributed by atoms with Crippen molar-refractivity contribution in [1.82, 2.24) is 0 Å². The molecule has 0 unspecified atom stereocenters. The second kappa shape index (κ2) is 4.67. The van der Waals surface area contributed by atoms with E-state index in [1.807, 2.05) is 26.0 Å². The van der Waals surface area contributed by atoms with E-state index in [1.165, 1.54) is 0 Å². The molecule has 0 fully saturated rings. The Balaban J connectivity index is 2.99. The zero-order valence-electron chi connectivity index (χ0n) is 9.21. The Bertz CT molecular complexity index is 358. The molecule has 0 saturated heterocycles. The van der Waals surface area contributed by atoms with Crippen LogP contribution < -0.4 is 0 Å². The molecule has 82 valence electrons. The van der Waals surface area contributed by atoms with Gasteiger partial charge in [0.1, 0.15) is 0 Å². The maximum Gasteiger partial charge on any atom is 0.315 e. The molecule has 1 rings (SSSR count). The molecule has 2 nitrogen and oxygen atoms in total. The van der Waals surface area contributed by atoms with Crippen molar-refractivity contribution in [2.45, 2.75) is 26.2 Å². The van der Waals surface area contributed by atoms with Crippen LogP contribution in [-0.2, 0) is 14.9 Å². The molecule has 0 amide bonds. The van der Waals surface area contributed by atoms with E-state index < -0.39 is 5.41 Å². The van der Waals surface area contributed by atoms with Crippen LogP contribution in [0.3, 0.4) is 0 Å². The van der Waals surface area contributed by atoms with E-state index >= 15 is 0 Å². The van der Waals surface area contributed by atoms with Crippen LogP contribution in [0.5, 0.6) is 0 Å². The number of halogens is 1. The van der Waals surface area contributed by atoms with E-state index in [2.05, 4.69) is 0 Å². The normalized spacial score (nSPS) is 11.2. The SMILES string of the molecule is CCOC(=O)C(C)(C)c1cccc(Cl)c1. The van der Waals surface area contributed by atoms with Gasteiger partial charge in [0.15, 0.2) is 0 Å². The molecule has 0 aliphatic carbocycles. The third kappa shape index (κ3) is 2.72. The number of esters is 1. The minimum absolute atomic E-state index is 0.229. The smallest absolute Gasteiger partial charge is 0.315 e.